The van der Waals surface area contributed by atoms with Gasteiger partial charge in [-0.1, -0.05) is 25.5 Å². The molecule has 0 saturated heterocycles. The summed E-state index contributed by atoms with van der Waals surface area (Å²) in [5.74, 6) is 2.51. The van der Waals surface area contributed by atoms with Crippen LogP contribution < -0.4 is 15.4 Å². The first-order chi connectivity index (χ1) is 12.7. The van der Waals surface area contributed by atoms with E-state index >= 15 is 0 Å². The number of aliphatic imine (C=N–C) groups is 1. The molecule has 0 aliphatic heterocycles. The Bertz CT molecular complexity index is 613. The van der Waals surface area contributed by atoms with E-state index in [1.54, 1.807) is 7.05 Å². The van der Waals surface area contributed by atoms with E-state index in [-0.39, 0.29) is 24.0 Å². The molecule has 1 aromatic carbocycles. The monoisotopic (exact) mass is 507 g/mol. The number of ether oxygens (including phenoxy) is 1. The third kappa shape index (κ3) is 8.37. The van der Waals surface area contributed by atoms with E-state index in [2.05, 4.69) is 27.8 Å². The molecule has 0 aromatic heterocycles. The van der Waals surface area contributed by atoms with E-state index in [1.807, 2.05) is 26.0 Å². The highest BCUT2D eigenvalue weighted by molar-refractivity contribution is 14.0. The minimum absolute atomic E-state index is 0. The summed E-state index contributed by atoms with van der Waals surface area (Å²) in [6.07, 6.45) is 5.22. The Hall–Kier alpha value is -0.830. The first-order valence-corrected chi connectivity index (χ1v) is 11.1. The van der Waals surface area contributed by atoms with Gasteiger partial charge < -0.3 is 15.4 Å². The van der Waals surface area contributed by atoms with E-state index in [0.29, 0.717) is 17.9 Å². The van der Waals surface area contributed by atoms with Crippen molar-refractivity contribution >= 4 is 40.7 Å². The lowest BCUT2D eigenvalue weighted by atomic mass is 9.95. The number of hydrogen-bond donors (Lipinski definition) is 2. The largest absolute Gasteiger partial charge is 0.494 e. The van der Waals surface area contributed by atoms with Crippen LogP contribution >= 0.6 is 24.0 Å². The Kier molecular flexibility index (Phi) is 12.0. The van der Waals surface area contributed by atoms with Crippen LogP contribution in [0.5, 0.6) is 5.75 Å². The van der Waals surface area contributed by atoms with Crippen molar-refractivity contribution in [3.8, 4) is 5.75 Å². The zero-order valence-corrected chi connectivity index (χ0v) is 19.8. The van der Waals surface area contributed by atoms with Gasteiger partial charge in [-0.25, -0.2) is 0 Å². The summed E-state index contributed by atoms with van der Waals surface area (Å²) in [7, 11) is 1.10. The standard InChI is InChI=1S/C20H33N3O2S.HI/c1-4-25-18-10-6-8-16(14-18)12-13-22-20(21-3)23-17-9-7-11-19(15-17)26(24)5-2;/h6,8,10,14,17,19H,4-5,7,9,11-13,15H2,1-3H3,(H2,21,22,23);1H. The minimum atomic E-state index is -0.697. The van der Waals surface area contributed by atoms with Crippen LogP contribution in [0.2, 0.25) is 0 Å². The lowest BCUT2D eigenvalue weighted by Crippen LogP contribution is -2.47. The van der Waals surface area contributed by atoms with Gasteiger partial charge in [0.25, 0.3) is 0 Å². The number of halogens is 1. The van der Waals surface area contributed by atoms with Crippen molar-refractivity contribution in [3.63, 3.8) is 0 Å². The molecule has 5 nitrogen and oxygen atoms in total. The van der Waals surface area contributed by atoms with Gasteiger partial charge >= 0.3 is 0 Å². The van der Waals surface area contributed by atoms with Crippen molar-refractivity contribution in [2.45, 2.75) is 57.2 Å². The average Bonchev–Trinajstić information content (AvgIpc) is 2.67. The highest BCUT2D eigenvalue weighted by Gasteiger charge is 2.25. The van der Waals surface area contributed by atoms with Crippen LogP contribution in [0.3, 0.4) is 0 Å². The number of guanidine groups is 1. The maximum absolute atomic E-state index is 12.1. The minimum Gasteiger partial charge on any atom is -0.494 e. The maximum atomic E-state index is 12.1. The van der Waals surface area contributed by atoms with Crippen LogP contribution in [0.25, 0.3) is 0 Å². The van der Waals surface area contributed by atoms with Gasteiger partial charge in [-0.05, 0) is 50.3 Å². The fourth-order valence-electron chi connectivity index (χ4n) is 3.42. The molecule has 7 heteroatoms. The van der Waals surface area contributed by atoms with Crippen LogP contribution in [0.4, 0.5) is 0 Å². The highest BCUT2D eigenvalue weighted by Crippen LogP contribution is 2.23. The molecular weight excluding hydrogens is 473 g/mol. The summed E-state index contributed by atoms with van der Waals surface area (Å²) in [4.78, 5) is 4.34. The molecule has 0 radical (unpaired) electrons. The van der Waals surface area contributed by atoms with Crippen molar-refractivity contribution in [2.75, 3.05) is 26.0 Å². The van der Waals surface area contributed by atoms with Gasteiger partial charge in [-0.15, -0.1) is 24.0 Å². The van der Waals surface area contributed by atoms with Gasteiger partial charge in [0.15, 0.2) is 5.96 Å². The first-order valence-electron chi connectivity index (χ1n) is 9.72. The van der Waals surface area contributed by atoms with Crippen molar-refractivity contribution in [3.05, 3.63) is 29.8 Å². The fraction of sp³-hybridized carbons (Fsp3) is 0.650. The Morgan fingerprint density at radius 2 is 2.15 bits per heavy atom. The van der Waals surface area contributed by atoms with E-state index < -0.39 is 10.8 Å². The molecule has 0 bridgehead atoms. The third-order valence-electron chi connectivity index (χ3n) is 4.76. The first kappa shape index (κ1) is 24.2. The SMILES string of the molecule is CCOc1cccc(CCNC(=NC)NC2CCCC(S(=O)CC)C2)c1.I. The maximum Gasteiger partial charge on any atom is 0.191 e. The van der Waals surface area contributed by atoms with Gasteiger partial charge in [0.1, 0.15) is 5.75 Å². The molecule has 0 heterocycles. The lowest BCUT2D eigenvalue weighted by Gasteiger charge is -2.30. The summed E-state index contributed by atoms with van der Waals surface area (Å²) in [5, 5.41) is 7.23. The summed E-state index contributed by atoms with van der Waals surface area (Å²) in [5.41, 5.74) is 1.25. The van der Waals surface area contributed by atoms with Crippen molar-refractivity contribution in [1.82, 2.24) is 10.6 Å². The van der Waals surface area contributed by atoms with E-state index in [1.165, 1.54) is 5.56 Å². The number of nitrogens with one attached hydrogen (secondary N) is 2. The molecule has 2 N–H and O–H groups in total. The summed E-state index contributed by atoms with van der Waals surface area (Å²) in [6, 6.07) is 8.58. The molecule has 1 aliphatic carbocycles. The average molecular weight is 507 g/mol. The number of nitrogens with zero attached hydrogens (tertiary/aromatic N) is 1. The van der Waals surface area contributed by atoms with Crippen molar-refractivity contribution in [1.29, 1.82) is 0 Å². The Morgan fingerprint density at radius 3 is 2.85 bits per heavy atom. The van der Waals surface area contributed by atoms with Gasteiger partial charge in [0.05, 0.1) is 6.61 Å². The molecular formula is C20H34IN3O2S. The molecule has 1 fully saturated rings. The Morgan fingerprint density at radius 1 is 1.33 bits per heavy atom. The van der Waals surface area contributed by atoms with Gasteiger partial charge in [-0.3, -0.25) is 9.20 Å². The van der Waals surface area contributed by atoms with Crippen LogP contribution in [0.1, 0.15) is 45.1 Å². The third-order valence-corrected chi connectivity index (χ3v) is 6.50. The molecule has 2 rings (SSSR count). The molecule has 3 unspecified atom stereocenters. The van der Waals surface area contributed by atoms with Crippen LogP contribution in [0, 0.1) is 0 Å². The molecule has 1 saturated carbocycles. The Labute approximate surface area is 183 Å². The molecule has 3 atom stereocenters. The predicted octanol–water partition coefficient (Wildman–Crippen LogP) is 3.49. The molecule has 1 aromatic rings. The zero-order valence-electron chi connectivity index (χ0n) is 16.7. The second kappa shape index (κ2) is 13.4. The normalized spacial score (nSPS) is 21.1. The van der Waals surface area contributed by atoms with E-state index in [0.717, 1.165) is 56.1 Å². The van der Waals surface area contributed by atoms with Crippen molar-refractivity contribution < 1.29 is 8.95 Å². The number of rotatable bonds is 8. The topological polar surface area (TPSA) is 62.7 Å². The van der Waals surface area contributed by atoms with Gasteiger partial charge in [-0.2, -0.15) is 0 Å². The fourth-order valence-corrected chi connectivity index (χ4v) is 4.77. The summed E-state index contributed by atoms with van der Waals surface area (Å²) >= 11 is 0. The number of hydrogen-bond acceptors (Lipinski definition) is 3. The smallest absolute Gasteiger partial charge is 0.191 e. The van der Waals surface area contributed by atoms with Crippen LogP contribution in [0.15, 0.2) is 29.3 Å². The second-order valence-corrected chi connectivity index (χ2v) is 8.63. The predicted molar refractivity (Wildman–Crippen MR) is 126 cm³/mol. The Balaban J connectivity index is 0.00000364. The van der Waals surface area contributed by atoms with Gasteiger partial charge in [0, 0.05) is 41.4 Å². The molecule has 154 valence electrons. The molecule has 0 amide bonds. The summed E-state index contributed by atoms with van der Waals surface area (Å²) < 4.78 is 17.7. The quantitative estimate of drug-likeness (QED) is 0.321. The van der Waals surface area contributed by atoms with E-state index in [4.69, 9.17) is 4.74 Å². The molecule has 0 spiro atoms. The molecule has 27 heavy (non-hydrogen) atoms. The zero-order chi connectivity index (χ0) is 18.8. The lowest BCUT2D eigenvalue weighted by molar-refractivity contribution is 0.340. The highest BCUT2D eigenvalue weighted by atomic mass is 127. The van der Waals surface area contributed by atoms with Crippen molar-refractivity contribution in [2.24, 2.45) is 4.99 Å². The van der Waals surface area contributed by atoms with Crippen LogP contribution in [-0.2, 0) is 17.2 Å². The second-order valence-electron chi connectivity index (χ2n) is 6.63. The van der Waals surface area contributed by atoms with Gasteiger partial charge in [0.2, 0.25) is 0 Å². The van der Waals surface area contributed by atoms with E-state index in [9.17, 15) is 4.21 Å². The number of benzene rings is 1. The van der Waals surface area contributed by atoms with Crippen LogP contribution in [-0.4, -0.2) is 47.4 Å². The summed E-state index contributed by atoms with van der Waals surface area (Å²) in [6.45, 7) is 5.50. The molecule has 1 aliphatic rings.